The molecule has 0 aliphatic carbocycles. The summed E-state index contributed by atoms with van der Waals surface area (Å²) >= 11 is 1.37. The van der Waals surface area contributed by atoms with Gasteiger partial charge in [-0.1, -0.05) is 0 Å². The van der Waals surface area contributed by atoms with Gasteiger partial charge in [-0.15, -0.1) is 0 Å². The maximum Gasteiger partial charge on any atom is 0.328 e. The average Bonchev–Trinajstić information content (AvgIpc) is 2.78. The predicted molar refractivity (Wildman–Crippen MR) is 133 cm³/mol. The Morgan fingerprint density at radius 3 is 1.97 bits per heavy atom. The molecule has 0 aromatic rings. The number of aliphatic hydroxyl groups excluding tert-OH is 1. The van der Waals surface area contributed by atoms with Crippen LogP contribution >= 0.6 is 11.8 Å². The number of carboxylic acids is 2. The predicted octanol–water partition coefficient (Wildman–Crippen LogP) is -3.09. The number of hydrogen-bond donors (Lipinski definition) is 9. The van der Waals surface area contributed by atoms with Crippen molar-refractivity contribution in [2.45, 2.75) is 69.3 Å². The second-order valence-electron chi connectivity index (χ2n) is 7.96. The number of carbonyl (C=O) groups is 5. The number of carbonyl (C=O) groups excluding carboxylic acids is 3. The van der Waals surface area contributed by atoms with Crippen molar-refractivity contribution in [2.24, 2.45) is 22.2 Å². The molecule has 0 saturated carbocycles. The Kier molecular flexibility index (Phi) is 15.8. The lowest BCUT2D eigenvalue weighted by molar-refractivity contribution is -0.145. The molecule has 12 N–H and O–H groups in total. The van der Waals surface area contributed by atoms with Crippen molar-refractivity contribution in [1.82, 2.24) is 16.0 Å². The molecule has 0 aromatic carbocycles. The smallest absolute Gasteiger partial charge is 0.328 e. The van der Waals surface area contributed by atoms with Crippen molar-refractivity contribution in [3.63, 3.8) is 0 Å². The second kappa shape index (κ2) is 17.3. The standard InChI is InChI=1S/C20H37N7O8S/c1-10(28)15(19(34)35)27-18(33)13(7-9-36-2)26-17(32)12(5-6-14(29)30)25-16(31)11(21)4-3-8-24-20(22)23/h10-13,15,28H,3-9,21H2,1-2H3,(H,25,31)(H,26,32)(H,27,33)(H,29,30)(H,34,35)(H4,22,23,24). The SMILES string of the molecule is CSCCC(NC(=O)C(CCC(=O)O)NC(=O)C(N)CCCN=C(N)N)C(=O)NC(C(=O)O)C(C)O. The van der Waals surface area contributed by atoms with Crippen molar-refractivity contribution in [2.75, 3.05) is 18.6 Å². The van der Waals surface area contributed by atoms with E-state index in [1.54, 1.807) is 6.26 Å². The Hall–Kier alpha value is -3.11. The average molecular weight is 536 g/mol. The Morgan fingerprint density at radius 2 is 1.47 bits per heavy atom. The highest BCUT2D eigenvalue weighted by atomic mass is 32.2. The van der Waals surface area contributed by atoms with E-state index < -0.39 is 66.4 Å². The van der Waals surface area contributed by atoms with E-state index in [4.69, 9.17) is 22.3 Å². The van der Waals surface area contributed by atoms with Crippen LogP contribution in [0.5, 0.6) is 0 Å². The van der Waals surface area contributed by atoms with E-state index in [2.05, 4.69) is 20.9 Å². The molecule has 0 aliphatic heterocycles. The van der Waals surface area contributed by atoms with Crippen LogP contribution in [0.15, 0.2) is 4.99 Å². The number of aliphatic imine (C=N–C) groups is 1. The number of aliphatic hydroxyl groups is 1. The number of carboxylic acid groups (broad SMARTS) is 2. The van der Waals surface area contributed by atoms with Crippen LogP contribution in [0.2, 0.25) is 0 Å². The molecule has 0 heterocycles. The van der Waals surface area contributed by atoms with Crippen molar-refractivity contribution < 1.29 is 39.3 Å². The van der Waals surface area contributed by atoms with Crippen molar-refractivity contribution >= 4 is 47.4 Å². The molecule has 0 spiro atoms. The zero-order chi connectivity index (χ0) is 27.8. The Labute approximate surface area is 213 Å². The second-order valence-corrected chi connectivity index (χ2v) is 8.94. The van der Waals surface area contributed by atoms with Gasteiger partial charge in [0.05, 0.1) is 12.1 Å². The van der Waals surface area contributed by atoms with Gasteiger partial charge in [0.1, 0.15) is 12.1 Å². The molecule has 3 amide bonds. The third-order valence-electron chi connectivity index (χ3n) is 4.87. The van der Waals surface area contributed by atoms with Gasteiger partial charge in [-0.3, -0.25) is 24.2 Å². The molecular weight excluding hydrogens is 498 g/mol. The first-order valence-electron chi connectivity index (χ1n) is 11.1. The molecule has 15 nitrogen and oxygen atoms in total. The van der Waals surface area contributed by atoms with Gasteiger partial charge in [0.15, 0.2) is 12.0 Å². The summed E-state index contributed by atoms with van der Waals surface area (Å²) < 4.78 is 0. The van der Waals surface area contributed by atoms with E-state index in [0.29, 0.717) is 12.2 Å². The normalized spacial score (nSPS) is 14.9. The fourth-order valence-corrected chi connectivity index (χ4v) is 3.36. The van der Waals surface area contributed by atoms with Gasteiger partial charge in [0.2, 0.25) is 17.7 Å². The van der Waals surface area contributed by atoms with E-state index >= 15 is 0 Å². The monoisotopic (exact) mass is 535 g/mol. The van der Waals surface area contributed by atoms with Gasteiger partial charge in [0, 0.05) is 13.0 Å². The fourth-order valence-electron chi connectivity index (χ4n) is 2.89. The van der Waals surface area contributed by atoms with Crippen molar-refractivity contribution in [3.05, 3.63) is 0 Å². The van der Waals surface area contributed by atoms with Gasteiger partial charge in [-0.2, -0.15) is 11.8 Å². The minimum absolute atomic E-state index is 0.106. The van der Waals surface area contributed by atoms with Crippen molar-refractivity contribution in [3.8, 4) is 0 Å². The summed E-state index contributed by atoms with van der Waals surface area (Å²) in [5, 5.41) is 34.8. The van der Waals surface area contributed by atoms with E-state index in [0.717, 1.165) is 0 Å². The maximum atomic E-state index is 12.9. The molecule has 5 unspecified atom stereocenters. The molecule has 0 aromatic heterocycles. The van der Waals surface area contributed by atoms with Crippen LogP contribution in [0.3, 0.4) is 0 Å². The molecule has 0 radical (unpaired) electrons. The number of nitrogens with two attached hydrogens (primary N) is 3. The number of nitrogens with zero attached hydrogens (tertiary/aromatic N) is 1. The summed E-state index contributed by atoms with van der Waals surface area (Å²) in [4.78, 5) is 64.2. The lowest BCUT2D eigenvalue weighted by Crippen LogP contribution is -2.58. The zero-order valence-electron chi connectivity index (χ0n) is 20.3. The van der Waals surface area contributed by atoms with Gasteiger partial charge in [-0.25, -0.2) is 4.79 Å². The number of aliphatic carboxylic acids is 2. The first kappa shape index (κ1) is 32.9. The number of guanidine groups is 1. The number of hydrogen-bond acceptors (Lipinski definition) is 9. The number of nitrogens with one attached hydrogen (secondary N) is 3. The van der Waals surface area contributed by atoms with Crippen LogP contribution in [-0.4, -0.2) is 99.8 Å². The molecule has 36 heavy (non-hydrogen) atoms. The lowest BCUT2D eigenvalue weighted by atomic mass is 10.1. The molecule has 0 fully saturated rings. The maximum absolute atomic E-state index is 12.9. The molecular formula is C20H37N7O8S. The number of thioether (sulfide) groups is 1. The zero-order valence-corrected chi connectivity index (χ0v) is 21.1. The van der Waals surface area contributed by atoms with Crippen molar-refractivity contribution in [1.29, 1.82) is 0 Å². The molecule has 0 bridgehead atoms. The quantitative estimate of drug-likeness (QED) is 0.0479. The minimum Gasteiger partial charge on any atom is -0.481 e. The summed E-state index contributed by atoms with van der Waals surface area (Å²) in [5.41, 5.74) is 16.3. The number of rotatable bonds is 18. The van der Waals surface area contributed by atoms with Gasteiger partial charge >= 0.3 is 11.9 Å². The van der Waals surface area contributed by atoms with E-state index in [1.807, 2.05) is 0 Å². The highest BCUT2D eigenvalue weighted by Gasteiger charge is 2.31. The minimum atomic E-state index is -1.61. The first-order valence-corrected chi connectivity index (χ1v) is 12.5. The molecule has 0 aliphatic rings. The summed E-state index contributed by atoms with van der Waals surface area (Å²) in [6.07, 6.45) is 0.290. The van der Waals surface area contributed by atoms with E-state index in [1.165, 1.54) is 18.7 Å². The lowest BCUT2D eigenvalue weighted by Gasteiger charge is -2.25. The van der Waals surface area contributed by atoms with Gasteiger partial charge < -0.3 is 48.5 Å². The van der Waals surface area contributed by atoms with Crippen LogP contribution in [0.4, 0.5) is 0 Å². The fraction of sp³-hybridized carbons (Fsp3) is 0.700. The molecule has 0 saturated heterocycles. The highest BCUT2D eigenvalue weighted by molar-refractivity contribution is 7.98. The van der Waals surface area contributed by atoms with Crippen LogP contribution in [0.25, 0.3) is 0 Å². The van der Waals surface area contributed by atoms with Crippen LogP contribution in [0, 0.1) is 0 Å². The summed E-state index contributed by atoms with van der Waals surface area (Å²) in [7, 11) is 0. The first-order chi connectivity index (χ1) is 16.8. The molecule has 0 rings (SSSR count). The number of amides is 3. The van der Waals surface area contributed by atoms with Crippen LogP contribution in [0.1, 0.15) is 39.0 Å². The van der Waals surface area contributed by atoms with E-state index in [-0.39, 0.29) is 31.8 Å². The van der Waals surface area contributed by atoms with Crippen LogP contribution in [-0.2, 0) is 24.0 Å². The molecule has 5 atom stereocenters. The molecule has 16 heteroatoms. The third kappa shape index (κ3) is 13.7. The summed E-state index contributed by atoms with van der Waals surface area (Å²) in [5.74, 6) is -4.78. The summed E-state index contributed by atoms with van der Waals surface area (Å²) in [6, 6.07) is -5.17. The highest BCUT2D eigenvalue weighted by Crippen LogP contribution is 2.06. The van der Waals surface area contributed by atoms with Crippen LogP contribution < -0.4 is 33.2 Å². The third-order valence-corrected chi connectivity index (χ3v) is 5.52. The Morgan fingerprint density at radius 1 is 0.917 bits per heavy atom. The largest absolute Gasteiger partial charge is 0.481 e. The Bertz CT molecular complexity index is 792. The van der Waals surface area contributed by atoms with Gasteiger partial charge in [0.25, 0.3) is 0 Å². The van der Waals surface area contributed by atoms with E-state index in [9.17, 15) is 34.2 Å². The molecule has 206 valence electrons. The summed E-state index contributed by atoms with van der Waals surface area (Å²) in [6.45, 7) is 1.43. The van der Waals surface area contributed by atoms with Gasteiger partial charge in [-0.05, 0) is 44.6 Å². The topological polar surface area (TPSA) is 273 Å². The Balaban J connectivity index is 5.43.